The number of anilines is 1. The molecule has 0 bridgehead atoms. The van der Waals surface area contributed by atoms with Crippen LogP contribution in [-0.2, 0) is 9.59 Å². The molecular formula is C23H23ClFN3O4. The molecule has 7 nitrogen and oxygen atoms in total. The van der Waals surface area contributed by atoms with E-state index in [-0.39, 0.29) is 41.3 Å². The van der Waals surface area contributed by atoms with E-state index in [0.29, 0.717) is 37.6 Å². The highest BCUT2D eigenvalue weighted by molar-refractivity contribution is 6.33. The number of halogens is 2. The monoisotopic (exact) mass is 459 g/mol. The molecule has 2 aliphatic rings. The van der Waals surface area contributed by atoms with Gasteiger partial charge in [-0.1, -0.05) is 23.7 Å². The maximum Gasteiger partial charge on any atom is 0.267 e. The fraction of sp³-hybridized carbons (Fsp3) is 0.348. The van der Waals surface area contributed by atoms with E-state index in [9.17, 15) is 18.8 Å². The Morgan fingerprint density at radius 3 is 2.50 bits per heavy atom. The molecule has 2 aliphatic heterocycles. The van der Waals surface area contributed by atoms with Crippen LogP contribution in [0.5, 0.6) is 5.75 Å². The number of fused-ring (bicyclic) bond motifs is 1. The molecule has 168 valence electrons. The van der Waals surface area contributed by atoms with E-state index in [4.69, 9.17) is 16.3 Å². The van der Waals surface area contributed by atoms with Crippen molar-refractivity contribution in [2.24, 2.45) is 0 Å². The Balaban J connectivity index is 1.33. The average Bonchev–Trinajstić information content (AvgIpc) is 2.79. The normalized spacial score (nSPS) is 18.3. The molecule has 0 spiro atoms. The van der Waals surface area contributed by atoms with Gasteiger partial charge in [0.1, 0.15) is 11.6 Å². The fourth-order valence-corrected chi connectivity index (χ4v) is 4.20. The number of hydrogen-bond acceptors (Lipinski definition) is 4. The topological polar surface area (TPSA) is 70.2 Å². The zero-order chi connectivity index (χ0) is 22.8. The standard InChI is InChI=1S/C23H23ClFN3O4/c1-15-22(30)28(19-4-2-3-5-20(19)32-15)9-8-21(29)26-10-12-27(13-11-26)23(31)17-7-6-16(25)14-18(17)24/h2-7,14-15H,8-13H2,1H3. The first-order valence-corrected chi connectivity index (χ1v) is 10.8. The molecule has 3 amide bonds. The zero-order valence-corrected chi connectivity index (χ0v) is 18.3. The van der Waals surface area contributed by atoms with Crippen LogP contribution < -0.4 is 9.64 Å². The summed E-state index contributed by atoms with van der Waals surface area (Å²) < 4.78 is 18.9. The predicted octanol–water partition coefficient (Wildman–Crippen LogP) is 2.97. The summed E-state index contributed by atoms with van der Waals surface area (Å²) in [6, 6.07) is 10.9. The van der Waals surface area contributed by atoms with E-state index in [1.165, 1.54) is 12.1 Å². The molecule has 9 heteroatoms. The van der Waals surface area contributed by atoms with Gasteiger partial charge in [0.25, 0.3) is 11.8 Å². The summed E-state index contributed by atoms with van der Waals surface area (Å²) >= 11 is 6.00. The molecule has 1 atom stereocenters. The van der Waals surface area contributed by atoms with Crippen molar-refractivity contribution in [2.75, 3.05) is 37.6 Å². The van der Waals surface area contributed by atoms with E-state index in [1.807, 2.05) is 12.1 Å². The number of benzene rings is 2. The molecule has 1 unspecified atom stereocenters. The third kappa shape index (κ3) is 4.41. The third-order valence-electron chi connectivity index (χ3n) is 5.70. The third-order valence-corrected chi connectivity index (χ3v) is 6.02. The maximum atomic E-state index is 13.2. The second-order valence-electron chi connectivity index (χ2n) is 7.76. The Kier molecular flexibility index (Phi) is 6.32. The Bertz CT molecular complexity index is 1060. The number of carbonyl (C=O) groups is 3. The van der Waals surface area contributed by atoms with Crippen LogP contribution in [0.2, 0.25) is 5.02 Å². The van der Waals surface area contributed by atoms with E-state index in [1.54, 1.807) is 33.8 Å². The summed E-state index contributed by atoms with van der Waals surface area (Å²) in [6.45, 7) is 3.42. The van der Waals surface area contributed by atoms with Crippen LogP contribution in [0, 0.1) is 5.82 Å². The molecule has 2 aromatic carbocycles. The van der Waals surface area contributed by atoms with Gasteiger partial charge in [-0.2, -0.15) is 0 Å². The minimum Gasteiger partial charge on any atom is -0.479 e. The Morgan fingerprint density at radius 2 is 1.78 bits per heavy atom. The summed E-state index contributed by atoms with van der Waals surface area (Å²) in [5, 5.41) is 0.0678. The number of para-hydroxylation sites is 2. The van der Waals surface area contributed by atoms with E-state index >= 15 is 0 Å². The van der Waals surface area contributed by atoms with Crippen LogP contribution in [-0.4, -0.2) is 66.3 Å². The molecule has 2 aromatic rings. The van der Waals surface area contributed by atoms with E-state index in [2.05, 4.69) is 0 Å². The molecule has 1 saturated heterocycles. The van der Waals surface area contributed by atoms with Crippen molar-refractivity contribution >= 4 is 35.0 Å². The van der Waals surface area contributed by atoms with Crippen molar-refractivity contribution in [3.8, 4) is 5.75 Å². The molecule has 0 saturated carbocycles. The number of piperazine rings is 1. The van der Waals surface area contributed by atoms with Gasteiger partial charge < -0.3 is 19.4 Å². The van der Waals surface area contributed by atoms with Gasteiger partial charge in [0.2, 0.25) is 5.91 Å². The lowest BCUT2D eigenvalue weighted by atomic mass is 10.1. The Hall–Kier alpha value is -3.13. The Morgan fingerprint density at radius 1 is 1.09 bits per heavy atom. The lowest BCUT2D eigenvalue weighted by Gasteiger charge is -2.36. The molecule has 4 rings (SSSR count). The molecule has 0 aliphatic carbocycles. The lowest BCUT2D eigenvalue weighted by molar-refractivity contribution is -0.132. The van der Waals surface area contributed by atoms with Crippen LogP contribution in [0.1, 0.15) is 23.7 Å². The van der Waals surface area contributed by atoms with Gasteiger partial charge in [0.15, 0.2) is 6.10 Å². The van der Waals surface area contributed by atoms with Crippen molar-refractivity contribution in [1.29, 1.82) is 0 Å². The number of nitrogens with zero attached hydrogens (tertiary/aromatic N) is 3. The van der Waals surface area contributed by atoms with Gasteiger partial charge in [0, 0.05) is 39.1 Å². The molecular weight excluding hydrogens is 437 g/mol. The van der Waals surface area contributed by atoms with Gasteiger partial charge in [0.05, 0.1) is 16.3 Å². The van der Waals surface area contributed by atoms with E-state index in [0.717, 1.165) is 6.07 Å². The number of ether oxygens (including phenoxy) is 1. The van der Waals surface area contributed by atoms with Crippen LogP contribution in [0.4, 0.5) is 10.1 Å². The van der Waals surface area contributed by atoms with Gasteiger partial charge in [-0.3, -0.25) is 14.4 Å². The van der Waals surface area contributed by atoms with Crippen LogP contribution in [0.15, 0.2) is 42.5 Å². The first kappa shape index (κ1) is 22.1. The largest absolute Gasteiger partial charge is 0.479 e. The number of carbonyl (C=O) groups excluding carboxylic acids is 3. The van der Waals surface area contributed by atoms with Crippen LogP contribution >= 0.6 is 11.6 Å². The summed E-state index contributed by atoms with van der Waals surface area (Å²) in [5.41, 5.74) is 0.904. The maximum absolute atomic E-state index is 13.2. The first-order chi connectivity index (χ1) is 15.3. The summed E-state index contributed by atoms with van der Waals surface area (Å²) in [6.07, 6.45) is -0.433. The average molecular weight is 460 g/mol. The first-order valence-electron chi connectivity index (χ1n) is 10.4. The lowest BCUT2D eigenvalue weighted by Crippen LogP contribution is -2.51. The summed E-state index contributed by atoms with van der Waals surface area (Å²) in [7, 11) is 0. The van der Waals surface area contributed by atoms with Gasteiger partial charge in [-0.25, -0.2) is 4.39 Å². The SMILES string of the molecule is CC1Oc2ccccc2N(CCC(=O)N2CCN(C(=O)c3ccc(F)cc3Cl)CC2)C1=O. The van der Waals surface area contributed by atoms with Crippen molar-refractivity contribution < 1.29 is 23.5 Å². The van der Waals surface area contributed by atoms with Crippen molar-refractivity contribution in [1.82, 2.24) is 9.80 Å². The molecule has 0 aromatic heterocycles. The van der Waals surface area contributed by atoms with Crippen molar-refractivity contribution in [2.45, 2.75) is 19.4 Å². The van der Waals surface area contributed by atoms with Crippen LogP contribution in [0.25, 0.3) is 0 Å². The molecule has 32 heavy (non-hydrogen) atoms. The zero-order valence-electron chi connectivity index (χ0n) is 17.6. The fourth-order valence-electron chi connectivity index (χ4n) is 3.95. The highest BCUT2D eigenvalue weighted by Crippen LogP contribution is 2.33. The number of amides is 3. The van der Waals surface area contributed by atoms with Gasteiger partial charge >= 0.3 is 0 Å². The number of hydrogen-bond donors (Lipinski definition) is 0. The predicted molar refractivity (Wildman–Crippen MR) is 117 cm³/mol. The minimum atomic E-state index is -0.604. The smallest absolute Gasteiger partial charge is 0.267 e. The molecule has 1 fully saturated rings. The van der Waals surface area contributed by atoms with Crippen molar-refractivity contribution in [3.63, 3.8) is 0 Å². The minimum absolute atomic E-state index is 0.0678. The second-order valence-corrected chi connectivity index (χ2v) is 8.17. The van der Waals surface area contributed by atoms with Crippen LogP contribution in [0.3, 0.4) is 0 Å². The summed E-state index contributed by atoms with van der Waals surface area (Å²) in [5.74, 6) is -0.424. The quantitative estimate of drug-likeness (QED) is 0.705. The number of rotatable bonds is 4. The highest BCUT2D eigenvalue weighted by Gasteiger charge is 2.32. The van der Waals surface area contributed by atoms with E-state index < -0.39 is 11.9 Å². The molecule has 0 N–H and O–H groups in total. The highest BCUT2D eigenvalue weighted by atomic mass is 35.5. The van der Waals surface area contributed by atoms with Gasteiger partial charge in [-0.05, 0) is 37.3 Å². The second kappa shape index (κ2) is 9.16. The van der Waals surface area contributed by atoms with Crippen molar-refractivity contribution in [3.05, 3.63) is 58.9 Å². The molecule has 2 heterocycles. The molecule has 0 radical (unpaired) electrons. The Labute approximate surface area is 190 Å². The summed E-state index contributed by atoms with van der Waals surface area (Å²) in [4.78, 5) is 42.9. The van der Waals surface area contributed by atoms with Gasteiger partial charge in [-0.15, -0.1) is 0 Å².